The predicted octanol–water partition coefficient (Wildman–Crippen LogP) is 2.01. The van der Waals surface area contributed by atoms with E-state index in [2.05, 4.69) is 0 Å². The Bertz CT molecular complexity index is 635. The highest BCUT2D eigenvalue weighted by atomic mass is 32.2. The Morgan fingerprint density at radius 1 is 1.27 bits per heavy atom. The van der Waals surface area contributed by atoms with Crippen molar-refractivity contribution >= 4 is 10.0 Å². The van der Waals surface area contributed by atoms with Crippen LogP contribution in [-0.2, 0) is 10.0 Å². The number of hydrogen-bond acceptors (Lipinski definition) is 4. The van der Waals surface area contributed by atoms with E-state index in [1.54, 1.807) is 28.6 Å². The van der Waals surface area contributed by atoms with Crippen LogP contribution in [0, 0.1) is 5.92 Å². The number of sulfonamides is 1. The average Bonchev–Trinajstić information content (AvgIpc) is 2.53. The van der Waals surface area contributed by atoms with E-state index < -0.39 is 10.0 Å². The van der Waals surface area contributed by atoms with Crippen molar-refractivity contribution in [3.63, 3.8) is 0 Å². The lowest BCUT2D eigenvalue weighted by Gasteiger charge is -2.54. The van der Waals surface area contributed by atoms with Gasteiger partial charge in [-0.05, 0) is 50.2 Å². The first kappa shape index (κ1) is 15.8. The van der Waals surface area contributed by atoms with Crippen molar-refractivity contribution in [1.82, 2.24) is 4.31 Å². The summed E-state index contributed by atoms with van der Waals surface area (Å²) in [6, 6.07) is 6.79. The van der Waals surface area contributed by atoms with E-state index in [9.17, 15) is 13.5 Å². The van der Waals surface area contributed by atoms with E-state index in [4.69, 9.17) is 4.74 Å². The minimum Gasteiger partial charge on any atom is -0.495 e. The van der Waals surface area contributed by atoms with E-state index in [0.717, 1.165) is 32.1 Å². The third-order valence-corrected chi connectivity index (χ3v) is 7.28. The molecule has 0 bridgehead atoms. The molecule has 0 atom stereocenters. The minimum atomic E-state index is -3.53. The lowest BCUT2D eigenvalue weighted by molar-refractivity contribution is 0.00954. The Kier molecular flexibility index (Phi) is 4.18. The number of hydrogen-bond donors (Lipinski definition) is 1. The third kappa shape index (κ3) is 2.43. The van der Waals surface area contributed by atoms with Gasteiger partial charge in [0, 0.05) is 18.7 Å². The molecular weight excluding hydrogens is 302 g/mol. The molecule has 1 heterocycles. The summed E-state index contributed by atoms with van der Waals surface area (Å²) in [4.78, 5) is 0.251. The Morgan fingerprint density at radius 3 is 2.50 bits per heavy atom. The molecule has 6 heteroatoms. The van der Waals surface area contributed by atoms with E-state index in [0.29, 0.717) is 18.2 Å². The van der Waals surface area contributed by atoms with Crippen molar-refractivity contribution in [3.8, 4) is 5.75 Å². The average molecular weight is 325 g/mol. The van der Waals surface area contributed by atoms with Gasteiger partial charge in [0.15, 0.2) is 0 Å². The van der Waals surface area contributed by atoms with Crippen LogP contribution in [0.15, 0.2) is 29.2 Å². The lowest BCUT2D eigenvalue weighted by atomic mass is 9.71. The second-order valence-electron chi connectivity index (χ2n) is 6.33. The molecule has 1 aromatic rings. The lowest BCUT2D eigenvalue weighted by Crippen LogP contribution is -2.63. The molecule has 3 rings (SSSR count). The molecule has 0 amide bonds. The van der Waals surface area contributed by atoms with E-state index in [1.807, 2.05) is 0 Å². The Morgan fingerprint density at radius 2 is 1.95 bits per heavy atom. The number of ether oxygens (including phenoxy) is 1. The summed E-state index contributed by atoms with van der Waals surface area (Å²) in [6.07, 6.45) is 4.39. The normalized spacial score (nSPS) is 29.3. The van der Waals surface area contributed by atoms with Gasteiger partial charge in [-0.2, -0.15) is 4.31 Å². The molecule has 5 nitrogen and oxygen atoms in total. The smallest absolute Gasteiger partial charge is 0.247 e. The summed E-state index contributed by atoms with van der Waals surface area (Å²) in [5, 5.41) is 9.28. The van der Waals surface area contributed by atoms with Crippen LogP contribution < -0.4 is 4.74 Å². The maximum absolute atomic E-state index is 13.0. The zero-order valence-corrected chi connectivity index (χ0v) is 13.7. The maximum Gasteiger partial charge on any atom is 0.247 e. The van der Waals surface area contributed by atoms with Gasteiger partial charge < -0.3 is 9.84 Å². The van der Waals surface area contributed by atoms with E-state index in [1.165, 1.54) is 7.11 Å². The van der Waals surface area contributed by atoms with Gasteiger partial charge in [-0.3, -0.25) is 0 Å². The zero-order chi connectivity index (χ0) is 15.8. The summed E-state index contributed by atoms with van der Waals surface area (Å²) in [7, 11) is -2.04. The molecule has 1 aliphatic heterocycles. The van der Waals surface area contributed by atoms with Gasteiger partial charge in [-0.15, -0.1) is 0 Å². The number of methoxy groups -OCH3 is 1. The summed E-state index contributed by atoms with van der Waals surface area (Å²) in [5.74, 6) is 0.718. The van der Waals surface area contributed by atoms with Gasteiger partial charge in [-0.1, -0.05) is 12.1 Å². The Labute approximate surface area is 131 Å². The van der Waals surface area contributed by atoms with Crippen LogP contribution >= 0.6 is 0 Å². The van der Waals surface area contributed by atoms with Crippen molar-refractivity contribution in [2.45, 2.75) is 42.5 Å². The molecule has 1 saturated heterocycles. The fourth-order valence-corrected chi connectivity index (χ4v) is 5.75. The fourth-order valence-electron chi connectivity index (χ4n) is 3.74. The van der Waals surface area contributed by atoms with Crippen LogP contribution in [0.3, 0.4) is 0 Å². The Balaban J connectivity index is 1.87. The largest absolute Gasteiger partial charge is 0.495 e. The Hall–Kier alpha value is -1.11. The first-order chi connectivity index (χ1) is 10.5. The first-order valence-corrected chi connectivity index (χ1v) is 9.24. The predicted molar refractivity (Wildman–Crippen MR) is 83.3 cm³/mol. The van der Waals surface area contributed by atoms with Crippen LogP contribution in [0.2, 0.25) is 0 Å². The van der Waals surface area contributed by atoms with Crippen LogP contribution in [0.4, 0.5) is 0 Å². The van der Waals surface area contributed by atoms with Crippen LogP contribution in [0.1, 0.15) is 32.1 Å². The number of aliphatic hydroxyl groups is 1. The molecule has 1 aromatic carbocycles. The summed E-state index contributed by atoms with van der Waals surface area (Å²) in [5.41, 5.74) is -0.245. The molecule has 122 valence electrons. The highest BCUT2D eigenvalue weighted by Gasteiger charge is 2.52. The number of aliphatic hydroxyl groups excluding tert-OH is 1. The van der Waals surface area contributed by atoms with Crippen molar-refractivity contribution in [2.24, 2.45) is 5.92 Å². The summed E-state index contributed by atoms with van der Waals surface area (Å²) < 4.78 is 32.9. The van der Waals surface area contributed by atoms with Gasteiger partial charge in [0.05, 0.1) is 7.11 Å². The standard InChI is InChI=1S/C16H23NO4S/c1-21-14-4-2-3-5-15(14)22(19,20)17-11-10-16(17)8-6-13(12-18)7-9-16/h2-5,13,18H,6-12H2,1H3. The molecule has 1 aliphatic carbocycles. The van der Waals surface area contributed by atoms with Crippen molar-refractivity contribution < 1.29 is 18.3 Å². The summed E-state index contributed by atoms with van der Waals surface area (Å²) >= 11 is 0. The van der Waals surface area contributed by atoms with Gasteiger partial charge in [0.2, 0.25) is 10.0 Å². The van der Waals surface area contributed by atoms with Gasteiger partial charge in [0.25, 0.3) is 0 Å². The van der Waals surface area contributed by atoms with E-state index >= 15 is 0 Å². The topological polar surface area (TPSA) is 66.8 Å². The van der Waals surface area contributed by atoms with Crippen molar-refractivity contribution in [2.75, 3.05) is 20.3 Å². The maximum atomic E-state index is 13.0. The van der Waals surface area contributed by atoms with Crippen LogP contribution in [-0.4, -0.2) is 43.6 Å². The molecule has 0 unspecified atom stereocenters. The second kappa shape index (κ2) is 5.83. The molecule has 1 N–H and O–H groups in total. The van der Waals surface area contributed by atoms with Crippen molar-refractivity contribution in [3.05, 3.63) is 24.3 Å². The molecular formula is C16H23NO4S. The first-order valence-electron chi connectivity index (χ1n) is 7.80. The molecule has 0 aromatic heterocycles. The zero-order valence-electron chi connectivity index (χ0n) is 12.9. The minimum absolute atomic E-state index is 0.204. The van der Waals surface area contributed by atoms with E-state index in [-0.39, 0.29) is 17.0 Å². The van der Waals surface area contributed by atoms with Gasteiger partial charge in [0.1, 0.15) is 10.6 Å². The second-order valence-corrected chi connectivity index (χ2v) is 8.16. The molecule has 1 saturated carbocycles. The number of rotatable bonds is 4. The van der Waals surface area contributed by atoms with Gasteiger partial charge in [-0.25, -0.2) is 8.42 Å². The number of nitrogens with zero attached hydrogens (tertiary/aromatic N) is 1. The molecule has 1 spiro atoms. The van der Waals surface area contributed by atoms with Crippen molar-refractivity contribution in [1.29, 1.82) is 0 Å². The third-order valence-electron chi connectivity index (χ3n) is 5.24. The van der Waals surface area contributed by atoms with Gasteiger partial charge >= 0.3 is 0 Å². The molecule has 2 fully saturated rings. The highest BCUT2D eigenvalue weighted by molar-refractivity contribution is 7.89. The number of para-hydroxylation sites is 1. The molecule has 0 radical (unpaired) electrons. The van der Waals surface area contributed by atoms with Crippen LogP contribution in [0.5, 0.6) is 5.75 Å². The fraction of sp³-hybridized carbons (Fsp3) is 0.625. The summed E-state index contributed by atoms with van der Waals surface area (Å²) in [6.45, 7) is 0.777. The SMILES string of the molecule is COc1ccccc1S(=O)(=O)N1CCC12CCC(CO)CC2. The quantitative estimate of drug-likeness (QED) is 0.919. The van der Waals surface area contributed by atoms with Crippen LogP contribution in [0.25, 0.3) is 0 Å². The number of benzene rings is 1. The highest BCUT2D eigenvalue weighted by Crippen LogP contribution is 2.48. The molecule has 22 heavy (non-hydrogen) atoms. The monoisotopic (exact) mass is 325 g/mol. The molecule has 2 aliphatic rings.